The van der Waals surface area contributed by atoms with Gasteiger partial charge >= 0.3 is 0 Å². The number of benzene rings is 1. The molecule has 0 amide bonds. The van der Waals surface area contributed by atoms with E-state index in [4.69, 9.17) is 0 Å². The van der Waals surface area contributed by atoms with Gasteiger partial charge in [0.05, 0.1) is 5.75 Å². The maximum absolute atomic E-state index is 13.7. The van der Waals surface area contributed by atoms with Crippen molar-refractivity contribution in [1.29, 1.82) is 0 Å². The predicted molar refractivity (Wildman–Crippen MR) is 99.3 cm³/mol. The van der Waals surface area contributed by atoms with Crippen LogP contribution in [0.3, 0.4) is 0 Å². The van der Waals surface area contributed by atoms with Gasteiger partial charge in [-0.15, -0.1) is 0 Å². The van der Waals surface area contributed by atoms with Crippen molar-refractivity contribution in [3.63, 3.8) is 0 Å². The van der Waals surface area contributed by atoms with Gasteiger partial charge in [0.25, 0.3) is 0 Å². The van der Waals surface area contributed by atoms with Crippen molar-refractivity contribution in [2.75, 3.05) is 25.4 Å². The molecule has 1 aromatic heterocycles. The van der Waals surface area contributed by atoms with Crippen molar-refractivity contribution < 1.29 is 12.8 Å². The average molecular weight is 381 g/mol. The normalized spacial score (nSPS) is 12.2. The number of nitrogens with one attached hydrogen (secondary N) is 2. The third-order valence-corrected chi connectivity index (χ3v) is 5.30. The number of guanidine groups is 1. The van der Waals surface area contributed by atoms with Crippen LogP contribution in [0.25, 0.3) is 0 Å². The van der Waals surface area contributed by atoms with E-state index >= 15 is 0 Å². The van der Waals surface area contributed by atoms with Crippen molar-refractivity contribution in [3.8, 4) is 0 Å². The SMILES string of the molecule is CCNC(=NCCCn1cccn1)NCCS(=O)(=O)c1ccccc1F. The first-order valence-corrected chi connectivity index (χ1v) is 10.1. The molecule has 0 radical (unpaired) electrons. The Morgan fingerprint density at radius 2 is 2.08 bits per heavy atom. The molecule has 0 bridgehead atoms. The summed E-state index contributed by atoms with van der Waals surface area (Å²) >= 11 is 0. The second kappa shape index (κ2) is 9.91. The van der Waals surface area contributed by atoms with E-state index in [0.29, 0.717) is 19.0 Å². The van der Waals surface area contributed by atoms with Gasteiger partial charge in [0.15, 0.2) is 15.8 Å². The van der Waals surface area contributed by atoms with Gasteiger partial charge in [0.1, 0.15) is 10.7 Å². The molecule has 2 rings (SSSR count). The van der Waals surface area contributed by atoms with Gasteiger partial charge in [-0.1, -0.05) is 12.1 Å². The minimum atomic E-state index is -3.69. The first kappa shape index (κ1) is 19.9. The molecule has 0 aliphatic heterocycles. The third kappa shape index (κ3) is 6.14. The topological polar surface area (TPSA) is 88.4 Å². The summed E-state index contributed by atoms with van der Waals surface area (Å²) in [6, 6.07) is 7.26. The summed E-state index contributed by atoms with van der Waals surface area (Å²) in [4.78, 5) is 4.13. The molecular formula is C17H24FN5O2S. The zero-order chi connectivity index (χ0) is 18.8. The molecule has 1 aromatic carbocycles. The monoisotopic (exact) mass is 381 g/mol. The lowest BCUT2D eigenvalue weighted by Crippen LogP contribution is -2.39. The largest absolute Gasteiger partial charge is 0.357 e. The van der Waals surface area contributed by atoms with Gasteiger partial charge in [-0.3, -0.25) is 9.67 Å². The van der Waals surface area contributed by atoms with Gasteiger partial charge in [-0.2, -0.15) is 5.10 Å². The summed E-state index contributed by atoms with van der Waals surface area (Å²) in [6.07, 6.45) is 4.43. The van der Waals surface area contributed by atoms with Crippen LogP contribution in [0.15, 0.2) is 52.6 Å². The molecule has 0 aliphatic rings. The zero-order valence-corrected chi connectivity index (χ0v) is 15.5. The lowest BCUT2D eigenvalue weighted by molar-refractivity contribution is 0.566. The van der Waals surface area contributed by atoms with Crippen LogP contribution in [0.1, 0.15) is 13.3 Å². The van der Waals surface area contributed by atoms with E-state index in [2.05, 4.69) is 20.7 Å². The fourth-order valence-electron chi connectivity index (χ4n) is 2.31. The van der Waals surface area contributed by atoms with E-state index in [1.165, 1.54) is 18.2 Å². The number of aryl methyl sites for hydroxylation is 1. The fourth-order valence-corrected chi connectivity index (χ4v) is 3.55. The molecule has 7 nitrogen and oxygen atoms in total. The van der Waals surface area contributed by atoms with Crippen molar-refractivity contribution in [1.82, 2.24) is 20.4 Å². The minimum Gasteiger partial charge on any atom is -0.357 e. The van der Waals surface area contributed by atoms with Crippen LogP contribution in [-0.4, -0.2) is 49.5 Å². The van der Waals surface area contributed by atoms with Crippen LogP contribution in [-0.2, 0) is 16.4 Å². The maximum atomic E-state index is 13.7. The molecule has 0 saturated carbocycles. The van der Waals surface area contributed by atoms with Gasteiger partial charge in [0, 0.05) is 38.6 Å². The Balaban J connectivity index is 1.83. The second-order valence-corrected chi connectivity index (χ2v) is 7.64. The molecule has 0 aliphatic carbocycles. The van der Waals surface area contributed by atoms with Crippen molar-refractivity contribution in [2.24, 2.45) is 4.99 Å². The van der Waals surface area contributed by atoms with Crippen LogP contribution < -0.4 is 10.6 Å². The highest BCUT2D eigenvalue weighted by Crippen LogP contribution is 2.14. The average Bonchev–Trinajstić information content (AvgIpc) is 3.12. The number of nitrogens with zero attached hydrogens (tertiary/aromatic N) is 3. The first-order chi connectivity index (χ1) is 12.5. The first-order valence-electron chi connectivity index (χ1n) is 8.50. The van der Waals surface area contributed by atoms with Crippen LogP contribution in [0.4, 0.5) is 4.39 Å². The molecule has 2 N–H and O–H groups in total. The number of hydrogen-bond donors (Lipinski definition) is 2. The van der Waals surface area contributed by atoms with Gasteiger partial charge in [-0.05, 0) is 31.5 Å². The standard InChI is InChI=1S/C17H24FN5O2S/c1-2-19-17(20-9-5-12-23-13-6-10-22-23)21-11-14-26(24,25)16-8-4-3-7-15(16)18/h3-4,6-8,10,13H,2,5,9,11-12,14H2,1H3,(H2,19,20,21). The molecule has 142 valence electrons. The van der Waals surface area contributed by atoms with Gasteiger partial charge in [0.2, 0.25) is 0 Å². The van der Waals surface area contributed by atoms with Crippen LogP contribution in [0.2, 0.25) is 0 Å². The fraction of sp³-hybridized carbons (Fsp3) is 0.412. The molecule has 0 unspecified atom stereocenters. The highest BCUT2D eigenvalue weighted by molar-refractivity contribution is 7.91. The molecule has 0 spiro atoms. The number of sulfone groups is 1. The summed E-state index contributed by atoms with van der Waals surface area (Å²) < 4.78 is 40.0. The Bertz CT molecular complexity index is 806. The number of hydrogen-bond acceptors (Lipinski definition) is 4. The predicted octanol–water partition coefficient (Wildman–Crippen LogP) is 1.44. The summed E-state index contributed by atoms with van der Waals surface area (Å²) in [7, 11) is -3.69. The molecule has 0 saturated heterocycles. The minimum absolute atomic E-state index is 0.141. The summed E-state index contributed by atoms with van der Waals surface area (Å²) in [5, 5.41) is 10.2. The molecule has 1 heterocycles. The Labute approximate surface area is 153 Å². The molecule has 26 heavy (non-hydrogen) atoms. The smallest absolute Gasteiger partial charge is 0.191 e. The summed E-state index contributed by atoms with van der Waals surface area (Å²) in [5.41, 5.74) is 0. The molecular weight excluding hydrogens is 357 g/mol. The van der Waals surface area contributed by atoms with E-state index in [1.807, 2.05) is 23.9 Å². The quantitative estimate of drug-likeness (QED) is 0.390. The summed E-state index contributed by atoms with van der Waals surface area (Å²) in [6.45, 7) is 4.07. The second-order valence-electron chi connectivity index (χ2n) is 5.56. The third-order valence-electron chi connectivity index (χ3n) is 3.55. The van der Waals surface area contributed by atoms with Crippen LogP contribution in [0.5, 0.6) is 0 Å². The highest BCUT2D eigenvalue weighted by atomic mass is 32.2. The van der Waals surface area contributed by atoms with Crippen molar-refractivity contribution in [2.45, 2.75) is 24.8 Å². The van der Waals surface area contributed by atoms with Gasteiger partial charge in [-0.25, -0.2) is 12.8 Å². The highest BCUT2D eigenvalue weighted by Gasteiger charge is 2.18. The number of rotatable bonds is 9. The Morgan fingerprint density at radius 3 is 2.77 bits per heavy atom. The van der Waals surface area contributed by atoms with E-state index < -0.39 is 15.7 Å². The Morgan fingerprint density at radius 1 is 1.27 bits per heavy atom. The van der Waals surface area contributed by atoms with E-state index in [1.54, 1.807) is 6.20 Å². The van der Waals surface area contributed by atoms with E-state index in [0.717, 1.165) is 19.0 Å². The molecule has 2 aromatic rings. The number of aliphatic imine (C=N–C) groups is 1. The Hall–Kier alpha value is -2.42. The molecule has 0 fully saturated rings. The maximum Gasteiger partial charge on any atom is 0.191 e. The zero-order valence-electron chi connectivity index (χ0n) is 14.7. The van der Waals surface area contributed by atoms with E-state index in [-0.39, 0.29) is 17.2 Å². The van der Waals surface area contributed by atoms with Crippen molar-refractivity contribution in [3.05, 3.63) is 48.5 Å². The van der Waals surface area contributed by atoms with Crippen molar-refractivity contribution >= 4 is 15.8 Å². The van der Waals surface area contributed by atoms with Gasteiger partial charge < -0.3 is 10.6 Å². The lowest BCUT2D eigenvalue weighted by atomic mass is 10.3. The van der Waals surface area contributed by atoms with E-state index in [9.17, 15) is 12.8 Å². The molecule has 9 heteroatoms. The summed E-state index contributed by atoms with van der Waals surface area (Å²) in [5.74, 6) is -0.408. The molecule has 0 atom stereocenters. The number of aromatic nitrogens is 2. The number of halogens is 1. The van der Waals surface area contributed by atoms with Crippen LogP contribution >= 0.6 is 0 Å². The lowest BCUT2D eigenvalue weighted by Gasteiger charge is -2.12. The Kier molecular flexibility index (Phi) is 7.58. The van der Waals surface area contributed by atoms with Crippen LogP contribution in [0, 0.1) is 5.82 Å².